The fourth-order valence-corrected chi connectivity index (χ4v) is 4.02. The molecule has 0 spiro atoms. The maximum Gasteiger partial charge on any atom is 0.257 e. The van der Waals surface area contributed by atoms with Gasteiger partial charge in [0, 0.05) is 11.3 Å². The lowest BCUT2D eigenvalue weighted by Crippen LogP contribution is -2.12. The molecule has 1 amide bonds. The molecule has 0 aliphatic heterocycles. The Balaban J connectivity index is 1.64. The first-order valence-electron chi connectivity index (χ1n) is 7.93. The summed E-state index contributed by atoms with van der Waals surface area (Å²) in [6, 6.07) is 9.58. The summed E-state index contributed by atoms with van der Waals surface area (Å²) in [5, 5.41) is 15.8. The van der Waals surface area contributed by atoms with E-state index in [1.54, 1.807) is 11.8 Å². The molecule has 6 nitrogen and oxygen atoms in total. The van der Waals surface area contributed by atoms with E-state index in [2.05, 4.69) is 33.6 Å². The van der Waals surface area contributed by atoms with Crippen molar-refractivity contribution in [3.63, 3.8) is 0 Å². The number of benzene rings is 1. The van der Waals surface area contributed by atoms with E-state index in [1.165, 1.54) is 11.3 Å². The second-order valence-corrected chi connectivity index (χ2v) is 8.03. The average Bonchev–Trinajstić information content (AvgIpc) is 3.14. The maximum atomic E-state index is 12.3. The van der Waals surface area contributed by atoms with Crippen LogP contribution in [0.5, 0.6) is 0 Å². The highest BCUT2D eigenvalue weighted by Gasteiger charge is 2.10. The van der Waals surface area contributed by atoms with Crippen LogP contribution in [-0.4, -0.2) is 31.6 Å². The number of carbonyl (C=O) groups excluding carboxylic acids is 1. The number of nitrogens with zero attached hydrogens (tertiary/aromatic N) is 4. The summed E-state index contributed by atoms with van der Waals surface area (Å²) in [6.45, 7) is 6.76. The molecule has 130 valence electrons. The Morgan fingerprint density at radius 2 is 2.00 bits per heavy atom. The Kier molecular flexibility index (Phi) is 5.50. The first-order chi connectivity index (χ1) is 12.0. The van der Waals surface area contributed by atoms with Crippen LogP contribution in [0.4, 0.5) is 5.13 Å². The van der Waals surface area contributed by atoms with E-state index in [-0.39, 0.29) is 5.91 Å². The minimum Gasteiger partial charge on any atom is -0.296 e. The van der Waals surface area contributed by atoms with E-state index in [1.807, 2.05) is 42.8 Å². The lowest BCUT2D eigenvalue weighted by Gasteiger charge is -2.06. The molecule has 0 atom stereocenters. The first-order valence-corrected chi connectivity index (χ1v) is 9.73. The van der Waals surface area contributed by atoms with Gasteiger partial charge in [0.15, 0.2) is 4.34 Å². The zero-order valence-corrected chi connectivity index (χ0v) is 15.9. The number of rotatable bonds is 6. The third-order valence-corrected chi connectivity index (χ3v) is 5.40. The first kappa shape index (κ1) is 17.6. The molecule has 3 aromatic rings. The van der Waals surface area contributed by atoms with Crippen LogP contribution in [0.2, 0.25) is 0 Å². The Labute approximate surface area is 154 Å². The number of aryl methyl sites for hydroxylation is 2. The van der Waals surface area contributed by atoms with Gasteiger partial charge in [-0.25, -0.2) is 0 Å². The minimum absolute atomic E-state index is 0.179. The molecule has 0 unspecified atom stereocenters. The molecule has 0 saturated heterocycles. The second-order valence-electron chi connectivity index (χ2n) is 5.54. The van der Waals surface area contributed by atoms with Crippen molar-refractivity contribution in [3.8, 4) is 0 Å². The van der Waals surface area contributed by atoms with Gasteiger partial charge in [-0.1, -0.05) is 42.2 Å². The van der Waals surface area contributed by atoms with Gasteiger partial charge in [-0.3, -0.25) is 14.8 Å². The van der Waals surface area contributed by atoms with E-state index >= 15 is 0 Å². The molecule has 0 aliphatic carbocycles. The molecule has 0 aliphatic rings. The molecule has 0 saturated carbocycles. The number of hydrogen-bond donors (Lipinski definition) is 1. The van der Waals surface area contributed by atoms with E-state index in [0.29, 0.717) is 17.2 Å². The van der Waals surface area contributed by atoms with E-state index in [9.17, 15) is 4.79 Å². The van der Waals surface area contributed by atoms with Crippen molar-refractivity contribution in [2.24, 2.45) is 0 Å². The van der Waals surface area contributed by atoms with Crippen molar-refractivity contribution >= 4 is 34.1 Å². The summed E-state index contributed by atoms with van der Waals surface area (Å²) in [4.78, 5) is 12.3. The van der Waals surface area contributed by atoms with Gasteiger partial charge in [0.05, 0.1) is 12.2 Å². The highest BCUT2D eigenvalue weighted by molar-refractivity contribution is 8.01. The smallest absolute Gasteiger partial charge is 0.257 e. The van der Waals surface area contributed by atoms with Gasteiger partial charge in [-0.05, 0) is 43.4 Å². The molecule has 2 aromatic heterocycles. The van der Waals surface area contributed by atoms with Gasteiger partial charge in [0.25, 0.3) is 5.91 Å². The SMILES string of the molecule is CCSc1nnc(NC(=O)c2ccc(Cn3nc(C)cc3C)cc2)s1. The highest BCUT2D eigenvalue weighted by atomic mass is 32.2. The highest BCUT2D eigenvalue weighted by Crippen LogP contribution is 2.25. The monoisotopic (exact) mass is 373 g/mol. The molecule has 8 heteroatoms. The van der Waals surface area contributed by atoms with Gasteiger partial charge in [-0.15, -0.1) is 10.2 Å². The predicted octanol–water partition coefficient (Wildman–Crippen LogP) is 3.76. The third kappa shape index (κ3) is 4.46. The maximum absolute atomic E-state index is 12.3. The number of aromatic nitrogens is 4. The summed E-state index contributed by atoms with van der Waals surface area (Å²) in [5.74, 6) is 0.751. The average molecular weight is 374 g/mol. The van der Waals surface area contributed by atoms with Gasteiger partial charge in [-0.2, -0.15) is 5.10 Å². The zero-order chi connectivity index (χ0) is 17.8. The van der Waals surface area contributed by atoms with Crippen molar-refractivity contribution in [3.05, 3.63) is 52.8 Å². The quantitative estimate of drug-likeness (QED) is 0.526. The van der Waals surface area contributed by atoms with Crippen LogP contribution in [0.25, 0.3) is 0 Å². The van der Waals surface area contributed by atoms with Gasteiger partial charge in [0.1, 0.15) is 0 Å². The minimum atomic E-state index is -0.179. The summed E-state index contributed by atoms with van der Waals surface area (Å²) >= 11 is 3.00. The Morgan fingerprint density at radius 1 is 1.24 bits per heavy atom. The van der Waals surface area contributed by atoms with Crippen molar-refractivity contribution in [2.75, 3.05) is 11.1 Å². The molecule has 2 heterocycles. The lowest BCUT2D eigenvalue weighted by molar-refractivity contribution is 0.102. The zero-order valence-electron chi connectivity index (χ0n) is 14.3. The normalized spacial score (nSPS) is 10.8. The van der Waals surface area contributed by atoms with Crippen molar-refractivity contribution in [1.82, 2.24) is 20.0 Å². The summed E-state index contributed by atoms with van der Waals surface area (Å²) in [7, 11) is 0. The summed E-state index contributed by atoms with van der Waals surface area (Å²) in [5.41, 5.74) is 3.82. The number of anilines is 1. The van der Waals surface area contributed by atoms with Gasteiger partial charge < -0.3 is 0 Å². The molecule has 1 N–H and O–H groups in total. The molecule has 3 rings (SSSR count). The van der Waals surface area contributed by atoms with E-state index in [4.69, 9.17) is 0 Å². The Bertz CT molecular complexity index is 870. The number of carbonyl (C=O) groups is 1. The molecule has 25 heavy (non-hydrogen) atoms. The van der Waals surface area contributed by atoms with Crippen LogP contribution in [0.1, 0.15) is 34.2 Å². The molecular weight excluding hydrogens is 354 g/mol. The van der Waals surface area contributed by atoms with Crippen LogP contribution in [0, 0.1) is 13.8 Å². The van der Waals surface area contributed by atoms with Crippen molar-refractivity contribution in [2.45, 2.75) is 31.7 Å². The van der Waals surface area contributed by atoms with Gasteiger partial charge >= 0.3 is 0 Å². The summed E-state index contributed by atoms with van der Waals surface area (Å²) in [6.07, 6.45) is 0. The van der Waals surface area contributed by atoms with E-state index in [0.717, 1.165) is 27.0 Å². The van der Waals surface area contributed by atoms with Crippen molar-refractivity contribution in [1.29, 1.82) is 0 Å². The van der Waals surface area contributed by atoms with Crippen LogP contribution in [-0.2, 0) is 6.54 Å². The molecule has 0 fully saturated rings. The molecule has 1 aromatic carbocycles. The molecular formula is C17H19N5OS2. The molecule has 0 bridgehead atoms. The topological polar surface area (TPSA) is 72.7 Å². The molecule has 0 radical (unpaired) electrons. The predicted molar refractivity (Wildman–Crippen MR) is 102 cm³/mol. The fourth-order valence-electron chi connectivity index (χ4n) is 2.38. The van der Waals surface area contributed by atoms with Crippen LogP contribution in [0.3, 0.4) is 0 Å². The Hall–Kier alpha value is -2.19. The van der Waals surface area contributed by atoms with Crippen molar-refractivity contribution < 1.29 is 4.79 Å². The standard InChI is InChI=1S/C17H19N5OS2/c1-4-24-17-20-19-16(25-17)18-15(23)14-7-5-13(6-8-14)10-22-12(3)9-11(2)21-22/h5-9H,4,10H2,1-3H3,(H,18,19,23). The fraction of sp³-hybridized carbons (Fsp3) is 0.294. The lowest BCUT2D eigenvalue weighted by atomic mass is 10.1. The Morgan fingerprint density at radius 3 is 2.64 bits per heavy atom. The van der Waals surface area contributed by atoms with Crippen LogP contribution >= 0.6 is 23.1 Å². The van der Waals surface area contributed by atoms with Crippen LogP contribution in [0.15, 0.2) is 34.7 Å². The number of hydrogen-bond acceptors (Lipinski definition) is 6. The summed E-state index contributed by atoms with van der Waals surface area (Å²) < 4.78 is 2.82. The van der Waals surface area contributed by atoms with E-state index < -0.39 is 0 Å². The number of nitrogens with one attached hydrogen (secondary N) is 1. The van der Waals surface area contributed by atoms with Crippen LogP contribution < -0.4 is 5.32 Å². The second kappa shape index (κ2) is 7.79. The number of amides is 1. The third-order valence-electron chi connectivity index (χ3n) is 3.55. The number of thioether (sulfide) groups is 1. The van der Waals surface area contributed by atoms with Gasteiger partial charge in [0.2, 0.25) is 5.13 Å². The largest absolute Gasteiger partial charge is 0.296 e.